The zero-order chi connectivity index (χ0) is 13.1. The molecule has 0 amide bonds. The summed E-state index contributed by atoms with van der Waals surface area (Å²) in [6, 6.07) is 10.3. The zero-order valence-electron chi connectivity index (χ0n) is 9.91. The molecule has 1 nitrogen and oxygen atoms in total. The molecule has 0 saturated heterocycles. The molecular formula is C15H12F2O. The fourth-order valence-electron chi connectivity index (χ4n) is 1.82. The van der Waals surface area contributed by atoms with Crippen LogP contribution in [0.4, 0.5) is 8.78 Å². The summed E-state index contributed by atoms with van der Waals surface area (Å²) in [5.74, 6) is -1.76. The second kappa shape index (κ2) is 5.08. The summed E-state index contributed by atoms with van der Waals surface area (Å²) in [6.45, 7) is 1.93. The van der Waals surface area contributed by atoms with Gasteiger partial charge in [-0.25, -0.2) is 8.78 Å². The standard InChI is InChI=1S/C15H12F2O/c1-10-3-2-4-11(5-10)6-15(18)12-7-13(16)9-14(17)8-12/h2-5,7-9H,6H2,1H3. The highest BCUT2D eigenvalue weighted by Gasteiger charge is 2.10. The molecule has 2 aromatic carbocycles. The molecule has 0 saturated carbocycles. The lowest BCUT2D eigenvalue weighted by molar-refractivity contribution is 0.0992. The molecule has 0 bridgehead atoms. The summed E-state index contributed by atoms with van der Waals surface area (Å²) in [5.41, 5.74) is 1.95. The average molecular weight is 246 g/mol. The van der Waals surface area contributed by atoms with Crippen molar-refractivity contribution in [2.24, 2.45) is 0 Å². The van der Waals surface area contributed by atoms with Crippen LogP contribution >= 0.6 is 0 Å². The zero-order valence-corrected chi connectivity index (χ0v) is 9.91. The van der Waals surface area contributed by atoms with E-state index >= 15 is 0 Å². The van der Waals surface area contributed by atoms with Crippen LogP contribution in [0, 0.1) is 18.6 Å². The monoisotopic (exact) mass is 246 g/mol. The number of aryl methyl sites for hydroxylation is 1. The van der Waals surface area contributed by atoms with E-state index in [0.717, 1.165) is 29.3 Å². The van der Waals surface area contributed by atoms with E-state index in [1.807, 2.05) is 31.2 Å². The normalized spacial score (nSPS) is 10.4. The lowest BCUT2D eigenvalue weighted by Gasteiger charge is -2.03. The highest BCUT2D eigenvalue weighted by molar-refractivity contribution is 5.97. The predicted molar refractivity (Wildman–Crippen MR) is 65.6 cm³/mol. The van der Waals surface area contributed by atoms with Crippen molar-refractivity contribution in [3.63, 3.8) is 0 Å². The summed E-state index contributed by atoms with van der Waals surface area (Å²) < 4.78 is 26.0. The van der Waals surface area contributed by atoms with Gasteiger partial charge in [0.25, 0.3) is 0 Å². The van der Waals surface area contributed by atoms with Crippen molar-refractivity contribution in [3.05, 3.63) is 70.8 Å². The highest BCUT2D eigenvalue weighted by atomic mass is 19.1. The largest absolute Gasteiger partial charge is 0.294 e. The number of rotatable bonds is 3. The molecule has 0 aromatic heterocycles. The molecule has 0 aliphatic rings. The van der Waals surface area contributed by atoms with Crippen LogP contribution in [0.15, 0.2) is 42.5 Å². The number of hydrogen-bond acceptors (Lipinski definition) is 1. The van der Waals surface area contributed by atoms with Gasteiger partial charge >= 0.3 is 0 Å². The van der Waals surface area contributed by atoms with Crippen molar-refractivity contribution in [1.82, 2.24) is 0 Å². The molecule has 2 aromatic rings. The number of ketones is 1. The van der Waals surface area contributed by atoms with Crippen LogP contribution in [0.3, 0.4) is 0 Å². The molecule has 0 unspecified atom stereocenters. The van der Waals surface area contributed by atoms with Crippen LogP contribution in [-0.4, -0.2) is 5.78 Å². The van der Waals surface area contributed by atoms with Crippen molar-refractivity contribution in [2.45, 2.75) is 13.3 Å². The SMILES string of the molecule is Cc1cccc(CC(=O)c2cc(F)cc(F)c2)c1. The van der Waals surface area contributed by atoms with Gasteiger partial charge in [-0.1, -0.05) is 29.8 Å². The van der Waals surface area contributed by atoms with Gasteiger partial charge in [-0.15, -0.1) is 0 Å². The first kappa shape index (κ1) is 12.4. The van der Waals surface area contributed by atoms with E-state index in [-0.39, 0.29) is 17.8 Å². The number of Topliss-reactive ketones (excluding diaryl/α,β-unsaturated/α-hetero) is 1. The van der Waals surface area contributed by atoms with Crippen molar-refractivity contribution in [2.75, 3.05) is 0 Å². The highest BCUT2D eigenvalue weighted by Crippen LogP contribution is 2.12. The smallest absolute Gasteiger partial charge is 0.167 e. The van der Waals surface area contributed by atoms with E-state index in [1.165, 1.54) is 0 Å². The minimum absolute atomic E-state index is 0.0639. The lowest BCUT2D eigenvalue weighted by Crippen LogP contribution is -2.04. The number of hydrogen-bond donors (Lipinski definition) is 0. The second-order valence-electron chi connectivity index (χ2n) is 4.25. The van der Waals surface area contributed by atoms with Crippen molar-refractivity contribution < 1.29 is 13.6 Å². The van der Waals surface area contributed by atoms with Crippen LogP contribution in [0.2, 0.25) is 0 Å². The van der Waals surface area contributed by atoms with Crippen LogP contribution in [-0.2, 0) is 6.42 Å². The van der Waals surface area contributed by atoms with E-state index in [9.17, 15) is 13.6 Å². The third-order valence-electron chi connectivity index (χ3n) is 2.63. The maximum absolute atomic E-state index is 13.0. The van der Waals surface area contributed by atoms with Gasteiger partial charge in [-0.3, -0.25) is 4.79 Å². The topological polar surface area (TPSA) is 17.1 Å². The van der Waals surface area contributed by atoms with Gasteiger partial charge in [-0.05, 0) is 24.6 Å². The van der Waals surface area contributed by atoms with Crippen molar-refractivity contribution in [3.8, 4) is 0 Å². The van der Waals surface area contributed by atoms with Gasteiger partial charge in [0.1, 0.15) is 11.6 Å². The van der Waals surface area contributed by atoms with Gasteiger partial charge in [0.05, 0.1) is 0 Å². The van der Waals surface area contributed by atoms with Crippen LogP contribution in [0.25, 0.3) is 0 Å². The van der Waals surface area contributed by atoms with Gasteiger partial charge < -0.3 is 0 Å². The first-order valence-electron chi connectivity index (χ1n) is 5.59. The Labute approximate surface area is 104 Å². The maximum atomic E-state index is 13.0. The quantitative estimate of drug-likeness (QED) is 0.755. The first-order chi connectivity index (χ1) is 8.54. The molecule has 92 valence electrons. The van der Waals surface area contributed by atoms with Crippen molar-refractivity contribution in [1.29, 1.82) is 0 Å². The predicted octanol–water partition coefficient (Wildman–Crippen LogP) is 3.70. The molecule has 0 aliphatic heterocycles. The average Bonchev–Trinajstić information content (AvgIpc) is 2.27. The molecule has 0 atom stereocenters. The van der Waals surface area contributed by atoms with Crippen molar-refractivity contribution >= 4 is 5.78 Å². The Morgan fingerprint density at radius 2 is 1.72 bits per heavy atom. The summed E-state index contributed by atoms with van der Waals surface area (Å²) in [4.78, 5) is 11.9. The Kier molecular flexibility index (Phi) is 3.51. The summed E-state index contributed by atoms with van der Waals surface area (Å²) in [7, 11) is 0. The molecule has 3 heteroatoms. The molecule has 0 radical (unpaired) electrons. The maximum Gasteiger partial charge on any atom is 0.167 e. The van der Waals surface area contributed by atoms with E-state index in [2.05, 4.69) is 0 Å². The third-order valence-corrected chi connectivity index (χ3v) is 2.63. The fourth-order valence-corrected chi connectivity index (χ4v) is 1.82. The van der Waals surface area contributed by atoms with Crippen LogP contribution in [0.5, 0.6) is 0 Å². The summed E-state index contributed by atoms with van der Waals surface area (Å²) in [6.07, 6.45) is 0.143. The van der Waals surface area contributed by atoms with E-state index < -0.39 is 11.6 Å². The van der Waals surface area contributed by atoms with Crippen LogP contribution in [0.1, 0.15) is 21.5 Å². The molecule has 0 N–H and O–H groups in total. The lowest BCUT2D eigenvalue weighted by atomic mass is 10.0. The third kappa shape index (κ3) is 3.00. The minimum Gasteiger partial charge on any atom is -0.294 e. The molecule has 0 heterocycles. The number of benzene rings is 2. The second-order valence-corrected chi connectivity index (χ2v) is 4.25. The van der Waals surface area contributed by atoms with Gasteiger partial charge in [0, 0.05) is 18.1 Å². The molecule has 0 fully saturated rings. The van der Waals surface area contributed by atoms with Gasteiger partial charge in [0.15, 0.2) is 5.78 Å². The Hall–Kier alpha value is -2.03. The number of carbonyl (C=O) groups is 1. The minimum atomic E-state index is -0.734. The number of carbonyl (C=O) groups excluding carboxylic acids is 1. The Balaban J connectivity index is 2.22. The Morgan fingerprint density at radius 3 is 2.33 bits per heavy atom. The molecule has 2 rings (SSSR count). The van der Waals surface area contributed by atoms with Gasteiger partial charge in [-0.2, -0.15) is 0 Å². The summed E-state index contributed by atoms with van der Waals surface area (Å²) >= 11 is 0. The molecule has 0 aliphatic carbocycles. The van der Waals surface area contributed by atoms with Gasteiger partial charge in [0.2, 0.25) is 0 Å². The number of halogens is 2. The molecule has 18 heavy (non-hydrogen) atoms. The Bertz CT molecular complexity index is 571. The van der Waals surface area contributed by atoms with E-state index in [0.29, 0.717) is 0 Å². The Morgan fingerprint density at radius 1 is 1.06 bits per heavy atom. The molecular weight excluding hydrogens is 234 g/mol. The summed E-state index contributed by atoms with van der Waals surface area (Å²) in [5, 5.41) is 0. The molecule has 0 spiro atoms. The van der Waals surface area contributed by atoms with Crippen LogP contribution < -0.4 is 0 Å². The fraction of sp³-hybridized carbons (Fsp3) is 0.133. The van der Waals surface area contributed by atoms with E-state index in [1.54, 1.807) is 0 Å². The van der Waals surface area contributed by atoms with E-state index in [4.69, 9.17) is 0 Å². The first-order valence-corrected chi connectivity index (χ1v) is 5.59.